The average molecular weight is 236 g/mol. The number of hydrogen-bond donors (Lipinski definition) is 0. The summed E-state index contributed by atoms with van der Waals surface area (Å²) in [4.78, 5) is 0. The van der Waals surface area contributed by atoms with Crippen molar-refractivity contribution in [3.8, 4) is 0 Å². The van der Waals surface area contributed by atoms with E-state index in [1.807, 2.05) is 0 Å². The van der Waals surface area contributed by atoms with Gasteiger partial charge in [0.2, 0.25) is 0 Å². The van der Waals surface area contributed by atoms with E-state index in [4.69, 9.17) is 0 Å². The van der Waals surface area contributed by atoms with E-state index >= 15 is 0 Å². The highest BCUT2D eigenvalue weighted by Crippen LogP contribution is 2.14. The van der Waals surface area contributed by atoms with Crippen molar-refractivity contribution in [2.45, 2.75) is 51.9 Å². The first-order valence-electron chi connectivity index (χ1n) is 6.72. The van der Waals surface area contributed by atoms with Crippen LogP contribution in [0, 0.1) is 0 Å². The van der Waals surface area contributed by atoms with Gasteiger partial charge in [0.1, 0.15) is 0 Å². The van der Waals surface area contributed by atoms with Crippen LogP contribution in [0.1, 0.15) is 51.9 Å². The first-order valence-corrected chi connectivity index (χ1v) is 7.93. The van der Waals surface area contributed by atoms with Crippen LogP contribution < -0.4 is 5.30 Å². The summed E-state index contributed by atoms with van der Waals surface area (Å²) >= 11 is 0. The monoisotopic (exact) mass is 236 g/mol. The van der Waals surface area contributed by atoms with Gasteiger partial charge in [0, 0.05) is 0 Å². The van der Waals surface area contributed by atoms with E-state index in [0.717, 1.165) is 8.58 Å². The number of unbranched alkanes of at least 4 members (excludes halogenated alkanes) is 6. The van der Waals surface area contributed by atoms with Gasteiger partial charge in [-0.1, -0.05) is 84.4 Å². The Morgan fingerprint density at radius 1 is 0.812 bits per heavy atom. The third-order valence-electron chi connectivity index (χ3n) is 2.88. The Balaban J connectivity index is 1.89. The minimum absolute atomic E-state index is 1.02. The van der Waals surface area contributed by atoms with Crippen LogP contribution >= 0.6 is 8.58 Å². The van der Waals surface area contributed by atoms with Crippen molar-refractivity contribution >= 4 is 13.9 Å². The predicted molar refractivity (Wildman–Crippen MR) is 77.3 cm³/mol. The second kappa shape index (κ2) is 9.85. The Kier molecular flexibility index (Phi) is 8.44. The zero-order valence-corrected chi connectivity index (χ0v) is 11.5. The quantitative estimate of drug-likeness (QED) is 0.429. The van der Waals surface area contributed by atoms with Crippen LogP contribution in [-0.2, 0) is 0 Å². The minimum Gasteiger partial charge on any atom is -0.0904 e. The lowest BCUT2D eigenvalue weighted by Crippen LogP contribution is -1.93. The van der Waals surface area contributed by atoms with Crippen molar-refractivity contribution in [1.29, 1.82) is 0 Å². The maximum Gasteiger partial charge on any atom is -0.0271 e. The molecule has 0 nitrogen and oxygen atoms in total. The second-order valence-corrected chi connectivity index (χ2v) is 5.85. The summed E-state index contributed by atoms with van der Waals surface area (Å²) in [5.41, 5.74) is 0. The molecule has 90 valence electrons. The highest BCUT2D eigenvalue weighted by molar-refractivity contribution is 7.47. The molecule has 0 fully saturated rings. The molecular weight excluding hydrogens is 211 g/mol. The van der Waals surface area contributed by atoms with E-state index in [-0.39, 0.29) is 0 Å². The molecule has 0 aliphatic rings. The largest absolute Gasteiger partial charge is 0.0904 e. The van der Waals surface area contributed by atoms with Gasteiger partial charge in [0.15, 0.2) is 0 Å². The molecule has 1 unspecified atom stereocenters. The smallest absolute Gasteiger partial charge is 0.0271 e. The molecule has 16 heavy (non-hydrogen) atoms. The SMILES string of the molecule is CCCCCCCCCPc1ccccc1. The Morgan fingerprint density at radius 2 is 1.44 bits per heavy atom. The number of hydrogen-bond acceptors (Lipinski definition) is 0. The molecule has 1 aromatic carbocycles. The Morgan fingerprint density at radius 3 is 2.12 bits per heavy atom. The summed E-state index contributed by atoms with van der Waals surface area (Å²) in [5.74, 6) is 0. The molecule has 0 radical (unpaired) electrons. The van der Waals surface area contributed by atoms with Crippen molar-refractivity contribution in [2.24, 2.45) is 0 Å². The van der Waals surface area contributed by atoms with Crippen molar-refractivity contribution in [1.82, 2.24) is 0 Å². The van der Waals surface area contributed by atoms with Crippen LogP contribution in [0.15, 0.2) is 30.3 Å². The van der Waals surface area contributed by atoms with Gasteiger partial charge in [-0.05, 0) is 17.9 Å². The fourth-order valence-corrected chi connectivity index (χ4v) is 3.01. The standard InChI is InChI=1S/C15H25P/c1-2-3-4-5-6-7-11-14-16-15-12-9-8-10-13-15/h8-10,12-13,16H,2-7,11,14H2,1H3. The van der Waals surface area contributed by atoms with Crippen LogP contribution in [0.4, 0.5) is 0 Å². The summed E-state index contributed by atoms with van der Waals surface area (Å²) in [5, 5.41) is 1.52. The molecule has 1 atom stereocenters. The highest BCUT2D eigenvalue weighted by Gasteiger charge is 1.93. The molecule has 0 spiro atoms. The van der Waals surface area contributed by atoms with Crippen LogP contribution in [-0.4, -0.2) is 6.16 Å². The van der Waals surface area contributed by atoms with Gasteiger partial charge >= 0.3 is 0 Å². The van der Waals surface area contributed by atoms with E-state index in [1.165, 1.54) is 56.4 Å². The van der Waals surface area contributed by atoms with Gasteiger partial charge in [-0.25, -0.2) is 0 Å². The maximum atomic E-state index is 2.28. The first kappa shape index (κ1) is 13.7. The summed E-state index contributed by atoms with van der Waals surface area (Å²) in [7, 11) is 1.02. The van der Waals surface area contributed by atoms with Crippen LogP contribution in [0.2, 0.25) is 0 Å². The van der Waals surface area contributed by atoms with E-state index in [2.05, 4.69) is 37.3 Å². The summed E-state index contributed by atoms with van der Waals surface area (Å²) in [6.45, 7) is 2.28. The third kappa shape index (κ3) is 7.01. The topological polar surface area (TPSA) is 0 Å². The van der Waals surface area contributed by atoms with Crippen LogP contribution in [0.3, 0.4) is 0 Å². The molecule has 0 heterocycles. The van der Waals surface area contributed by atoms with E-state index in [1.54, 1.807) is 0 Å². The lowest BCUT2D eigenvalue weighted by Gasteiger charge is -2.02. The lowest BCUT2D eigenvalue weighted by atomic mass is 10.1. The molecule has 0 amide bonds. The lowest BCUT2D eigenvalue weighted by molar-refractivity contribution is 0.603. The van der Waals surface area contributed by atoms with Gasteiger partial charge in [-0.3, -0.25) is 0 Å². The molecule has 0 aliphatic carbocycles. The molecule has 0 saturated carbocycles. The van der Waals surface area contributed by atoms with E-state index in [9.17, 15) is 0 Å². The van der Waals surface area contributed by atoms with Crippen LogP contribution in [0.5, 0.6) is 0 Å². The van der Waals surface area contributed by atoms with Gasteiger partial charge < -0.3 is 0 Å². The average Bonchev–Trinajstić information content (AvgIpc) is 2.34. The van der Waals surface area contributed by atoms with E-state index in [0.29, 0.717) is 0 Å². The van der Waals surface area contributed by atoms with Gasteiger partial charge in [-0.2, -0.15) is 0 Å². The zero-order chi connectivity index (χ0) is 11.5. The van der Waals surface area contributed by atoms with Gasteiger partial charge in [0.25, 0.3) is 0 Å². The third-order valence-corrected chi connectivity index (χ3v) is 4.23. The first-order chi connectivity index (χ1) is 7.93. The Hall–Kier alpha value is -0.350. The fraction of sp³-hybridized carbons (Fsp3) is 0.600. The molecule has 0 aliphatic heterocycles. The molecule has 1 heteroatoms. The molecule has 1 aromatic rings. The normalized spacial score (nSPS) is 11.3. The zero-order valence-electron chi connectivity index (χ0n) is 10.5. The summed E-state index contributed by atoms with van der Waals surface area (Å²) < 4.78 is 0. The predicted octanol–water partition coefficient (Wildman–Crippen LogP) is 4.74. The Labute approximate surface area is 103 Å². The summed E-state index contributed by atoms with van der Waals surface area (Å²) in [6.07, 6.45) is 11.3. The second-order valence-electron chi connectivity index (χ2n) is 4.41. The minimum atomic E-state index is 1.02. The van der Waals surface area contributed by atoms with Crippen LogP contribution in [0.25, 0.3) is 0 Å². The molecule has 0 aromatic heterocycles. The molecule has 0 bridgehead atoms. The van der Waals surface area contributed by atoms with Crippen molar-refractivity contribution < 1.29 is 0 Å². The highest BCUT2D eigenvalue weighted by atomic mass is 31.1. The van der Waals surface area contributed by atoms with Crippen molar-refractivity contribution in [3.63, 3.8) is 0 Å². The van der Waals surface area contributed by atoms with Gasteiger partial charge in [-0.15, -0.1) is 0 Å². The van der Waals surface area contributed by atoms with Crippen molar-refractivity contribution in [3.05, 3.63) is 30.3 Å². The molecule has 0 saturated heterocycles. The fourth-order valence-electron chi connectivity index (χ4n) is 1.87. The molecular formula is C15H25P. The number of rotatable bonds is 9. The Bertz CT molecular complexity index is 243. The van der Waals surface area contributed by atoms with Crippen molar-refractivity contribution in [2.75, 3.05) is 6.16 Å². The van der Waals surface area contributed by atoms with E-state index < -0.39 is 0 Å². The molecule has 0 N–H and O–H groups in total. The molecule has 1 rings (SSSR count). The summed E-state index contributed by atoms with van der Waals surface area (Å²) in [6, 6.07) is 10.9. The maximum absolute atomic E-state index is 2.28. The number of benzene rings is 1. The van der Waals surface area contributed by atoms with Gasteiger partial charge in [0.05, 0.1) is 0 Å².